The third kappa shape index (κ3) is 3.65. The number of carbonyl (C=O) groups excluding carboxylic acids is 1. The smallest absolute Gasteiger partial charge is 0.408 e. The molecule has 0 heterocycles. The summed E-state index contributed by atoms with van der Waals surface area (Å²) in [4.78, 5) is 11.0. The fraction of sp³-hybridized carbons (Fsp3) is 0.364. The Balaban J connectivity index is 2.82. The van der Waals surface area contributed by atoms with Gasteiger partial charge in [-0.15, -0.1) is 11.6 Å². The van der Waals surface area contributed by atoms with E-state index in [2.05, 4.69) is 10.1 Å². The summed E-state index contributed by atoms with van der Waals surface area (Å²) in [5, 5.41) is 10.9. The van der Waals surface area contributed by atoms with E-state index in [0.29, 0.717) is 5.56 Å². The maximum atomic E-state index is 11.0. The Morgan fingerprint density at radius 3 is 2.44 bits per heavy atom. The van der Waals surface area contributed by atoms with E-state index < -0.39 is 22.0 Å². The van der Waals surface area contributed by atoms with Gasteiger partial charge < -0.3 is 9.84 Å². The first-order chi connectivity index (χ1) is 8.39. The van der Waals surface area contributed by atoms with Crippen molar-refractivity contribution in [1.82, 2.24) is 5.32 Å². The van der Waals surface area contributed by atoms with Gasteiger partial charge in [0, 0.05) is 0 Å². The molecule has 0 aliphatic rings. The summed E-state index contributed by atoms with van der Waals surface area (Å²) in [5.41, 5.74) is 0.620. The van der Waals surface area contributed by atoms with Crippen molar-refractivity contribution < 1.29 is 14.6 Å². The first kappa shape index (κ1) is 15.4. The average Bonchev–Trinajstić information content (AvgIpc) is 2.38. The van der Waals surface area contributed by atoms with E-state index in [0.717, 1.165) is 7.11 Å². The molecule has 0 unspecified atom stereocenters. The average molecular weight is 313 g/mol. The Labute approximate surface area is 120 Å². The van der Waals surface area contributed by atoms with Gasteiger partial charge in [0.2, 0.25) is 0 Å². The summed E-state index contributed by atoms with van der Waals surface area (Å²) in [5.74, 6) is 0. The van der Waals surface area contributed by atoms with Crippen LogP contribution in [0, 0.1) is 0 Å². The van der Waals surface area contributed by atoms with Gasteiger partial charge in [0.15, 0.2) is 10.6 Å². The lowest BCUT2D eigenvalue weighted by molar-refractivity contribution is 0.0984. The van der Waals surface area contributed by atoms with Crippen LogP contribution in [0.3, 0.4) is 0 Å². The fourth-order valence-corrected chi connectivity index (χ4v) is 1.88. The van der Waals surface area contributed by atoms with Crippen LogP contribution in [0.15, 0.2) is 30.3 Å². The second-order valence-electron chi connectivity index (χ2n) is 3.49. The maximum absolute atomic E-state index is 11.0. The third-order valence-electron chi connectivity index (χ3n) is 2.23. The Hall–Kier alpha value is -0.680. The van der Waals surface area contributed by atoms with Gasteiger partial charge in [-0.1, -0.05) is 53.5 Å². The minimum Gasteiger partial charge on any atom is -0.453 e. The second-order valence-corrected chi connectivity index (χ2v) is 5.37. The number of nitrogens with one attached hydrogen (secondary N) is 1. The number of alkyl carbamates (subject to hydrolysis) is 1. The van der Waals surface area contributed by atoms with Gasteiger partial charge in [0.25, 0.3) is 0 Å². The topological polar surface area (TPSA) is 58.6 Å². The lowest BCUT2D eigenvalue weighted by Crippen LogP contribution is -2.48. The Bertz CT molecular complexity index is 400. The fourth-order valence-electron chi connectivity index (χ4n) is 1.25. The van der Waals surface area contributed by atoms with E-state index in [1.165, 1.54) is 0 Å². The zero-order valence-electron chi connectivity index (χ0n) is 9.44. The van der Waals surface area contributed by atoms with Gasteiger partial charge in [-0.25, -0.2) is 4.79 Å². The third-order valence-corrected chi connectivity index (χ3v) is 3.90. The zero-order chi connectivity index (χ0) is 13.8. The summed E-state index contributed by atoms with van der Waals surface area (Å²) >= 11 is 18.1. The minimum atomic E-state index is -1.79. The summed E-state index contributed by atoms with van der Waals surface area (Å²) in [6.07, 6.45) is -2.43. The Morgan fingerprint density at radius 2 is 1.94 bits per heavy atom. The highest BCUT2D eigenvalue weighted by Gasteiger charge is 2.43. The highest BCUT2D eigenvalue weighted by molar-refractivity contribution is 6.52. The lowest BCUT2D eigenvalue weighted by Gasteiger charge is -2.30. The van der Waals surface area contributed by atoms with Crippen LogP contribution in [-0.4, -0.2) is 28.9 Å². The maximum Gasteiger partial charge on any atom is 0.408 e. The number of halogens is 3. The molecule has 100 valence electrons. The minimum absolute atomic E-state index is 0.620. The van der Waals surface area contributed by atoms with E-state index in [1.54, 1.807) is 30.3 Å². The number of ether oxygens (including phenoxy) is 1. The molecule has 0 fully saturated rings. The van der Waals surface area contributed by atoms with E-state index in [-0.39, 0.29) is 0 Å². The van der Waals surface area contributed by atoms with Crippen molar-refractivity contribution in [2.24, 2.45) is 0 Å². The molecule has 1 rings (SSSR count). The van der Waals surface area contributed by atoms with Crippen molar-refractivity contribution in [1.29, 1.82) is 0 Å². The van der Waals surface area contributed by atoms with Crippen molar-refractivity contribution in [2.75, 3.05) is 7.11 Å². The largest absolute Gasteiger partial charge is 0.453 e. The van der Waals surface area contributed by atoms with Crippen molar-refractivity contribution in [3.8, 4) is 0 Å². The number of hydrogen-bond donors (Lipinski definition) is 2. The zero-order valence-corrected chi connectivity index (χ0v) is 11.7. The molecule has 1 amide bonds. The molecule has 1 aromatic rings. The van der Waals surface area contributed by atoms with Gasteiger partial charge in [-0.3, -0.25) is 5.32 Å². The monoisotopic (exact) mass is 311 g/mol. The van der Waals surface area contributed by atoms with Crippen LogP contribution in [0.1, 0.15) is 10.9 Å². The van der Waals surface area contributed by atoms with E-state index in [1.807, 2.05) is 0 Å². The van der Waals surface area contributed by atoms with Gasteiger partial charge in [0.05, 0.1) is 12.5 Å². The summed E-state index contributed by atoms with van der Waals surface area (Å²) < 4.78 is 2.54. The number of aliphatic hydroxyl groups is 1. The van der Waals surface area contributed by atoms with Crippen LogP contribution >= 0.6 is 34.8 Å². The van der Waals surface area contributed by atoms with Crippen LogP contribution in [-0.2, 0) is 4.74 Å². The lowest BCUT2D eigenvalue weighted by atomic mass is 10.1. The van der Waals surface area contributed by atoms with Crippen LogP contribution < -0.4 is 5.32 Å². The second kappa shape index (κ2) is 6.48. The predicted molar refractivity (Wildman–Crippen MR) is 71.0 cm³/mol. The van der Waals surface area contributed by atoms with Gasteiger partial charge in [0.1, 0.15) is 0 Å². The Kier molecular flexibility index (Phi) is 5.53. The molecule has 4 nitrogen and oxygen atoms in total. The standard InChI is InChI=1S/C11H12Cl3NO3/c1-18-10(17)15-9(16)11(13,14)8(12)7-5-3-2-4-6-7/h2-6,8-9,16H,1H3,(H,15,17)/t8-,9+/m1/s1. The van der Waals surface area contributed by atoms with Gasteiger partial charge in [-0.2, -0.15) is 0 Å². The molecule has 0 radical (unpaired) electrons. The van der Waals surface area contributed by atoms with Crippen LogP contribution in [0.4, 0.5) is 4.79 Å². The highest BCUT2D eigenvalue weighted by Crippen LogP contribution is 2.42. The molecule has 0 aromatic heterocycles. The molecule has 2 N–H and O–H groups in total. The molecule has 0 saturated heterocycles. The molecule has 0 aliphatic carbocycles. The normalized spacial score (nSPS) is 14.7. The molecule has 1 aromatic carbocycles. The predicted octanol–water partition coefficient (Wildman–Crippen LogP) is 2.81. The van der Waals surface area contributed by atoms with E-state index in [9.17, 15) is 9.90 Å². The van der Waals surface area contributed by atoms with Crippen molar-refractivity contribution in [2.45, 2.75) is 15.9 Å². The molecule has 18 heavy (non-hydrogen) atoms. The van der Waals surface area contributed by atoms with Gasteiger partial charge in [-0.05, 0) is 5.56 Å². The molecule has 7 heteroatoms. The SMILES string of the molecule is COC(=O)N[C@@H](O)C(Cl)(Cl)[C@H](Cl)c1ccccc1. The van der Waals surface area contributed by atoms with E-state index in [4.69, 9.17) is 34.8 Å². The quantitative estimate of drug-likeness (QED) is 0.664. The summed E-state index contributed by atoms with van der Waals surface area (Å²) in [7, 11) is 1.15. The number of rotatable bonds is 4. The highest BCUT2D eigenvalue weighted by atomic mass is 35.5. The summed E-state index contributed by atoms with van der Waals surface area (Å²) in [6, 6.07) is 8.74. The van der Waals surface area contributed by atoms with Crippen LogP contribution in [0.5, 0.6) is 0 Å². The number of amides is 1. The first-order valence-electron chi connectivity index (χ1n) is 4.99. The summed E-state index contributed by atoms with van der Waals surface area (Å²) in [6.45, 7) is 0. The number of hydrogen-bond acceptors (Lipinski definition) is 3. The number of carbonyl (C=O) groups is 1. The van der Waals surface area contributed by atoms with Crippen LogP contribution in [0.2, 0.25) is 0 Å². The first-order valence-corrected chi connectivity index (χ1v) is 6.18. The molecule has 0 spiro atoms. The number of benzene rings is 1. The molecular weight excluding hydrogens is 300 g/mol. The number of methoxy groups -OCH3 is 1. The van der Waals surface area contributed by atoms with Gasteiger partial charge >= 0.3 is 6.09 Å². The molecular formula is C11H12Cl3NO3. The van der Waals surface area contributed by atoms with Crippen molar-refractivity contribution >= 4 is 40.9 Å². The molecule has 0 bridgehead atoms. The van der Waals surface area contributed by atoms with E-state index >= 15 is 0 Å². The number of alkyl halides is 3. The van der Waals surface area contributed by atoms with Crippen molar-refractivity contribution in [3.05, 3.63) is 35.9 Å². The van der Waals surface area contributed by atoms with Crippen LogP contribution in [0.25, 0.3) is 0 Å². The molecule has 2 atom stereocenters. The molecule has 0 aliphatic heterocycles. The number of aliphatic hydroxyl groups excluding tert-OH is 1. The molecule has 0 saturated carbocycles. The Morgan fingerprint density at radius 1 is 1.39 bits per heavy atom. The van der Waals surface area contributed by atoms with Crippen molar-refractivity contribution in [3.63, 3.8) is 0 Å².